The number of hydrogen-bond acceptors (Lipinski definition) is 7. The van der Waals surface area contributed by atoms with Gasteiger partial charge in [0.15, 0.2) is 0 Å². The molecule has 3 heterocycles. The van der Waals surface area contributed by atoms with Crippen molar-refractivity contribution in [3.63, 3.8) is 0 Å². The molecule has 2 saturated heterocycles. The van der Waals surface area contributed by atoms with Crippen LogP contribution in [-0.4, -0.2) is 68.2 Å². The zero-order valence-electron chi connectivity index (χ0n) is 14.7. The Balaban J connectivity index is 1.43. The van der Waals surface area contributed by atoms with Crippen molar-refractivity contribution in [2.75, 3.05) is 38.7 Å². The van der Waals surface area contributed by atoms with Crippen LogP contribution in [0.25, 0.3) is 0 Å². The second-order valence-corrected chi connectivity index (χ2v) is 7.29. The molecule has 8 nitrogen and oxygen atoms in total. The van der Waals surface area contributed by atoms with E-state index in [0.717, 1.165) is 39.0 Å². The first-order chi connectivity index (χ1) is 12.6. The first-order valence-electron chi connectivity index (χ1n) is 8.68. The number of ether oxygens (including phenoxy) is 2. The summed E-state index contributed by atoms with van der Waals surface area (Å²) in [7, 11) is 1.29. The van der Waals surface area contributed by atoms with Gasteiger partial charge in [-0.25, -0.2) is 4.79 Å². The SMILES string of the molecule is COC(=O)c1csc(NC(=O)C(=O)NCC2CCN2C2CCOCC2)c1. The Morgan fingerprint density at radius 3 is 2.69 bits per heavy atom. The van der Waals surface area contributed by atoms with Gasteiger partial charge in [0.05, 0.1) is 17.7 Å². The molecule has 0 aromatic carbocycles. The van der Waals surface area contributed by atoms with Crippen molar-refractivity contribution >= 4 is 34.1 Å². The number of carbonyl (C=O) groups is 3. The Labute approximate surface area is 155 Å². The Morgan fingerprint density at radius 2 is 2.04 bits per heavy atom. The molecule has 9 heteroatoms. The topological polar surface area (TPSA) is 97.0 Å². The van der Waals surface area contributed by atoms with Crippen LogP contribution in [-0.2, 0) is 19.1 Å². The van der Waals surface area contributed by atoms with Crippen LogP contribution in [0, 0.1) is 0 Å². The maximum atomic E-state index is 12.0. The van der Waals surface area contributed by atoms with Crippen LogP contribution in [0.1, 0.15) is 29.6 Å². The van der Waals surface area contributed by atoms with Gasteiger partial charge in [-0.2, -0.15) is 0 Å². The van der Waals surface area contributed by atoms with Crippen molar-refractivity contribution in [3.05, 3.63) is 17.0 Å². The van der Waals surface area contributed by atoms with E-state index >= 15 is 0 Å². The second kappa shape index (κ2) is 8.61. The molecule has 0 spiro atoms. The molecule has 3 rings (SSSR count). The summed E-state index contributed by atoms with van der Waals surface area (Å²) >= 11 is 1.17. The predicted molar refractivity (Wildman–Crippen MR) is 96.2 cm³/mol. The number of carbonyl (C=O) groups excluding carboxylic acids is 3. The van der Waals surface area contributed by atoms with Crippen LogP contribution in [0.15, 0.2) is 11.4 Å². The molecular formula is C17H23N3O5S. The number of likely N-dealkylation sites (tertiary alicyclic amines) is 1. The van der Waals surface area contributed by atoms with Gasteiger partial charge in [-0.15, -0.1) is 11.3 Å². The summed E-state index contributed by atoms with van der Waals surface area (Å²) in [6, 6.07) is 2.28. The minimum atomic E-state index is -0.736. The normalized spacial score (nSPS) is 20.9. The average molecular weight is 381 g/mol. The largest absolute Gasteiger partial charge is 0.465 e. The van der Waals surface area contributed by atoms with Crippen LogP contribution in [0.5, 0.6) is 0 Å². The first kappa shape index (κ1) is 18.8. The van der Waals surface area contributed by atoms with E-state index in [-0.39, 0.29) is 6.04 Å². The fourth-order valence-corrected chi connectivity index (χ4v) is 4.03. The van der Waals surface area contributed by atoms with Gasteiger partial charge >= 0.3 is 17.8 Å². The highest BCUT2D eigenvalue weighted by atomic mass is 32.1. The molecule has 2 aliphatic rings. The molecule has 2 amide bonds. The quantitative estimate of drug-likeness (QED) is 0.580. The predicted octanol–water partition coefficient (Wildman–Crippen LogP) is 0.843. The van der Waals surface area contributed by atoms with Gasteiger partial charge < -0.3 is 20.1 Å². The van der Waals surface area contributed by atoms with E-state index in [1.807, 2.05) is 0 Å². The highest BCUT2D eigenvalue weighted by molar-refractivity contribution is 7.14. The molecule has 2 fully saturated rings. The molecule has 0 saturated carbocycles. The van der Waals surface area contributed by atoms with Crippen LogP contribution in [0.4, 0.5) is 5.00 Å². The molecule has 26 heavy (non-hydrogen) atoms. The standard InChI is InChI=1S/C17H23N3O5S/c1-24-17(23)11-8-14(26-10-11)19-16(22)15(21)18-9-13-2-5-20(13)12-3-6-25-7-4-12/h8,10,12-13H,2-7,9H2,1H3,(H,18,21)(H,19,22). The van der Waals surface area contributed by atoms with E-state index in [2.05, 4.69) is 20.3 Å². The number of hydrogen-bond donors (Lipinski definition) is 2. The van der Waals surface area contributed by atoms with E-state index < -0.39 is 17.8 Å². The summed E-state index contributed by atoms with van der Waals surface area (Å²) in [6.45, 7) is 3.07. The van der Waals surface area contributed by atoms with Crippen molar-refractivity contribution in [3.8, 4) is 0 Å². The van der Waals surface area contributed by atoms with Crippen molar-refractivity contribution < 1.29 is 23.9 Å². The fourth-order valence-electron chi connectivity index (χ4n) is 3.26. The molecule has 0 radical (unpaired) electrons. The molecule has 2 aliphatic heterocycles. The van der Waals surface area contributed by atoms with Gasteiger partial charge in [-0.05, 0) is 25.3 Å². The summed E-state index contributed by atoms with van der Waals surface area (Å²) in [5, 5.41) is 7.21. The van der Waals surface area contributed by atoms with Crippen molar-refractivity contribution in [2.24, 2.45) is 0 Å². The van der Waals surface area contributed by atoms with Crippen LogP contribution in [0.2, 0.25) is 0 Å². The van der Waals surface area contributed by atoms with Gasteiger partial charge in [-0.3, -0.25) is 14.5 Å². The lowest BCUT2D eigenvalue weighted by molar-refractivity contribution is -0.136. The third kappa shape index (κ3) is 4.40. The minimum absolute atomic E-state index is 0.280. The lowest BCUT2D eigenvalue weighted by Crippen LogP contribution is -2.59. The maximum absolute atomic E-state index is 12.0. The smallest absolute Gasteiger partial charge is 0.338 e. The van der Waals surface area contributed by atoms with Gasteiger partial charge in [0.2, 0.25) is 0 Å². The van der Waals surface area contributed by atoms with E-state index in [0.29, 0.717) is 23.2 Å². The summed E-state index contributed by atoms with van der Waals surface area (Å²) in [4.78, 5) is 37.8. The number of amides is 2. The van der Waals surface area contributed by atoms with Gasteiger partial charge in [-0.1, -0.05) is 0 Å². The van der Waals surface area contributed by atoms with Gasteiger partial charge in [0.25, 0.3) is 0 Å². The Hall–Kier alpha value is -1.97. The molecule has 0 aliphatic carbocycles. The lowest BCUT2D eigenvalue weighted by Gasteiger charge is -2.47. The number of rotatable bonds is 5. The Kier molecular flexibility index (Phi) is 6.23. The van der Waals surface area contributed by atoms with Crippen molar-refractivity contribution in [1.29, 1.82) is 0 Å². The van der Waals surface area contributed by atoms with Crippen LogP contribution < -0.4 is 10.6 Å². The second-order valence-electron chi connectivity index (χ2n) is 6.38. The van der Waals surface area contributed by atoms with E-state index in [4.69, 9.17) is 4.74 Å². The highest BCUT2D eigenvalue weighted by Crippen LogP contribution is 2.25. The fraction of sp³-hybridized carbons (Fsp3) is 0.588. The number of esters is 1. The number of anilines is 1. The molecule has 2 N–H and O–H groups in total. The third-order valence-corrected chi connectivity index (χ3v) is 5.66. The van der Waals surface area contributed by atoms with Crippen molar-refractivity contribution in [1.82, 2.24) is 10.2 Å². The minimum Gasteiger partial charge on any atom is -0.465 e. The highest BCUT2D eigenvalue weighted by Gasteiger charge is 2.34. The zero-order valence-corrected chi connectivity index (χ0v) is 15.5. The zero-order chi connectivity index (χ0) is 18.5. The summed E-state index contributed by atoms with van der Waals surface area (Å²) in [5.74, 6) is -1.89. The van der Waals surface area contributed by atoms with Crippen LogP contribution in [0.3, 0.4) is 0 Å². The monoisotopic (exact) mass is 381 g/mol. The van der Waals surface area contributed by atoms with E-state index in [9.17, 15) is 14.4 Å². The molecule has 1 unspecified atom stereocenters. The third-order valence-electron chi connectivity index (χ3n) is 4.81. The number of methoxy groups -OCH3 is 1. The van der Waals surface area contributed by atoms with Crippen LogP contribution >= 0.6 is 11.3 Å². The summed E-state index contributed by atoms with van der Waals surface area (Å²) < 4.78 is 10.00. The molecule has 1 atom stereocenters. The molecule has 142 valence electrons. The van der Waals surface area contributed by atoms with E-state index in [1.165, 1.54) is 24.5 Å². The van der Waals surface area contributed by atoms with Gasteiger partial charge in [0, 0.05) is 43.8 Å². The molecule has 1 aromatic heterocycles. The summed E-state index contributed by atoms with van der Waals surface area (Å²) in [5.41, 5.74) is 0.342. The average Bonchev–Trinajstić information content (AvgIpc) is 3.09. The van der Waals surface area contributed by atoms with E-state index in [1.54, 1.807) is 5.38 Å². The van der Waals surface area contributed by atoms with Gasteiger partial charge in [0.1, 0.15) is 0 Å². The number of nitrogens with one attached hydrogen (secondary N) is 2. The Morgan fingerprint density at radius 1 is 1.27 bits per heavy atom. The summed E-state index contributed by atoms with van der Waals surface area (Å²) in [6.07, 6.45) is 3.06. The number of thiophene rings is 1. The molecule has 0 bridgehead atoms. The number of nitrogens with zero attached hydrogens (tertiary/aromatic N) is 1. The molecule has 1 aromatic rings. The Bertz CT molecular complexity index is 671. The van der Waals surface area contributed by atoms with Crippen molar-refractivity contribution in [2.45, 2.75) is 31.3 Å². The first-order valence-corrected chi connectivity index (χ1v) is 9.56. The lowest BCUT2D eigenvalue weighted by atomic mass is 9.95. The maximum Gasteiger partial charge on any atom is 0.338 e. The molecular weight excluding hydrogens is 358 g/mol.